The first-order valence-electron chi connectivity index (χ1n) is 8.39. The molecule has 0 unspecified atom stereocenters. The molecule has 0 saturated heterocycles. The number of aryl methyl sites for hydroxylation is 1. The predicted octanol–water partition coefficient (Wildman–Crippen LogP) is 3.59. The van der Waals surface area contributed by atoms with Crippen molar-refractivity contribution in [1.29, 1.82) is 0 Å². The van der Waals surface area contributed by atoms with Crippen molar-refractivity contribution in [2.75, 3.05) is 11.3 Å². The van der Waals surface area contributed by atoms with Crippen molar-refractivity contribution >= 4 is 26.5 Å². The molecule has 3 aromatic rings. The summed E-state index contributed by atoms with van der Waals surface area (Å²) in [7, 11) is -3.66. The highest BCUT2D eigenvalue weighted by Crippen LogP contribution is 2.29. The Morgan fingerprint density at radius 2 is 1.72 bits per heavy atom. The molecule has 0 radical (unpaired) electrons. The van der Waals surface area contributed by atoms with E-state index in [9.17, 15) is 8.42 Å². The van der Waals surface area contributed by atoms with E-state index in [0.29, 0.717) is 10.6 Å². The van der Waals surface area contributed by atoms with Crippen LogP contribution < -0.4 is 10.0 Å². The van der Waals surface area contributed by atoms with Crippen molar-refractivity contribution in [2.45, 2.75) is 24.8 Å². The minimum Gasteiger partial charge on any atom is -0.312 e. The van der Waals surface area contributed by atoms with Gasteiger partial charge in [0, 0.05) is 11.9 Å². The van der Waals surface area contributed by atoms with Crippen LogP contribution in [0, 0.1) is 6.92 Å². The van der Waals surface area contributed by atoms with Crippen molar-refractivity contribution in [2.24, 2.45) is 0 Å². The van der Waals surface area contributed by atoms with Gasteiger partial charge in [0.15, 0.2) is 0 Å². The van der Waals surface area contributed by atoms with E-state index in [1.807, 2.05) is 49.4 Å². The molecule has 0 spiro atoms. The van der Waals surface area contributed by atoms with E-state index in [0.717, 1.165) is 47.0 Å². The lowest BCUT2D eigenvalue weighted by atomic mass is 9.99. The second-order valence-corrected chi connectivity index (χ2v) is 8.05. The molecule has 0 aromatic heterocycles. The summed E-state index contributed by atoms with van der Waals surface area (Å²) in [5.41, 5.74) is 3.99. The van der Waals surface area contributed by atoms with Crippen LogP contribution in [-0.2, 0) is 23.0 Å². The summed E-state index contributed by atoms with van der Waals surface area (Å²) in [6.45, 7) is 3.63. The Morgan fingerprint density at radius 3 is 2.60 bits per heavy atom. The lowest BCUT2D eigenvalue weighted by Gasteiger charge is -2.21. The summed E-state index contributed by atoms with van der Waals surface area (Å²) in [5, 5.41) is 5.03. The molecule has 25 heavy (non-hydrogen) atoms. The molecule has 0 aliphatic carbocycles. The minimum absolute atomic E-state index is 0.320. The average molecular weight is 352 g/mol. The number of fused-ring (bicyclic) bond motifs is 2. The Morgan fingerprint density at radius 1 is 0.960 bits per heavy atom. The van der Waals surface area contributed by atoms with Crippen LogP contribution in [0.15, 0.2) is 59.5 Å². The molecule has 128 valence electrons. The van der Waals surface area contributed by atoms with Crippen LogP contribution in [-0.4, -0.2) is 15.0 Å². The highest BCUT2D eigenvalue weighted by atomic mass is 32.2. The molecule has 4 nitrogen and oxygen atoms in total. The third kappa shape index (κ3) is 2.90. The monoisotopic (exact) mass is 352 g/mol. The van der Waals surface area contributed by atoms with Gasteiger partial charge in [-0.15, -0.1) is 0 Å². The molecule has 3 aromatic carbocycles. The van der Waals surface area contributed by atoms with Gasteiger partial charge in [-0.25, -0.2) is 8.42 Å². The Balaban J connectivity index is 1.81. The van der Waals surface area contributed by atoms with Crippen molar-refractivity contribution in [3.63, 3.8) is 0 Å². The van der Waals surface area contributed by atoms with E-state index in [-0.39, 0.29) is 0 Å². The molecule has 0 atom stereocenters. The zero-order valence-corrected chi connectivity index (χ0v) is 14.9. The van der Waals surface area contributed by atoms with Crippen molar-refractivity contribution in [3.8, 4) is 0 Å². The second-order valence-electron chi connectivity index (χ2n) is 6.40. The third-order valence-electron chi connectivity index (χ3n) is 4.77. The first kappa shape index (κ1) is 16.1. The van der Waals surface area contributed by atoms with Gasteiger partial charge in [-0.2, -0.15) is 0 Å². The van der Waals surface area contributed by atoms with Crippen LogP contribution in [0.1, 0.15) is 16.7 Å². The van der Waals surface area contributed by atoms with Gasteiger partial charge in [0.25, 0.3) is 10.0 Å². The van der Waals surface area contributed by atoms with Gasteiger partial charge >= 0.3 is 0 Å². The summed E-state index contributed by atoms with van der Waals surface area (Å²) in [4.78, 5) is 0.320. The molecule has 5 heteroatoms. The quantitative estimate of drug-likeness (QED) is 0.757. The van der Waals surface area contributed by atoms with Crippen molar-refractivity contribution in [1.82, 2.24) is 5.32 Å². The molecule has 0 amide bonds. The zero-order chi connectivity index (χ0) is 17.4. The summed E-state index contributed by atoms with van der Waals surface area (Å²) < 4.78 is 29.0. The average Bonchev–Trinajstić information content (AvgIpc) is 2.62. The molecule has 1 aliphatic rings. The number of sulfonamides is 1. The lowest BCUT2D eigenvalue weighted by Crippen LogP contribution is -2.25. The highest BCUT2D eigenvalue weighted by Gasteiger charge is 2.21. The van der Waals surface area contributed by atoms with Gasteiger partial charge in [-0.1, -0.05) is 42.5 Å². The number of benzene rings is 3. The molecule has 1 aliphatic heterocycles. The Bertz CT molecular complexity index is 1060. The maximum absolute atomic E-state index is 13.1. The molecule has 0 saturated carbocycles. The van der Waals surface area contributed by atoms with Gasteiger partial charge in [0.05, 0.1) is 10.6 Å². The van der Waals surface area contributed by atoms with E-state index in [4.69, 9.17) is 0 Å². The van der Waals surface area contributed by atoms with Crippen LogP contribution in [0.2, 0.25) is 0 Å². The van der Waals surface area contributed by atoms with Gasteiger partial charge in [-0.3, -0.25) is 4.72 Å². The number of hydrogen-bond acceptors (Lipinski definition) is 3. The van der Waals surface area contributed by atoms with E-state index in [1.165, 1.54) is 0 Å². The Kier molecular flexibility index (Phi) is 3.98. The summed E-state index contributed by atoms with van der Waals surface area (Å²) in [6.07, 6.45) is 0.822. The van der Waals surface area contributed by atoms with E-state index < -0.39 is 10.0 Å². The molecule has 1 heterocycles. The minimum atomic E-state index is -3.66. The van der Waals surface area contributed by atoms with Crippen LogP contribution in [0.5, 0.6) is 0 Å². The molecular weight excluding hydrogens is 332 g/mol. The standard InChI is InChI=1S/C20H20N2O2S/c1-14-5-2-8-18-16(14)7-4-10-20(18)25(23,24)22-19-9-3-6-15-13-21-12-11-17(15)19/h2-10,21-22H,11-13H2,1H3. The maximum atomic E-state index is 13.1. The predicted molar refractivity (Wildman–Crippen MR) is 101 cm³/mol. The highest BCUT2D eigenvalue weighted by molar-refractivity contribution is 7.93. The molecular formula is C20H20N2O2S. The van der Waals surface area contributed by atoms with Gasteiger partial charge in [0.1, 0.15) is 0 Å². The number of rotatable bonds is 3. The fourth-order valence-electron chi connectivity index (χ4n) is 3.50. The Hall–Kier alpha value is -2.37. The van der Waals surface area contributed by atoms with Crippen LogP contribution in [0.3, 0.4) is 0 Å². The summed E-state index contributed by atoms with van der Waals surface area (Å²) >= 11 is 0. The third-order valence-corrected chi connectivity index (χ3v) is 6.20. The van der Waals surface area contributed by atoms with Gasteiger partial charge in [0.2, 0.25) is 0 Å². The van der Waals surface area contributed by atoms with Gasteiger partial charge in [-0.05, 0) is 54.1 Å². The molecule has 2 N–H and O–H groups in total. The zero-order valence-electron chi connectivity index (χ0n) is 14.0. The van der Waals surface area contributed by atoms with Crippen molar-refractivity contribution in [3.05, 3.63) is 71.3 Å². The first-order valence-corrected chi connectivity index (χ1v) is 9.87. The molecule has 0 bridgehead atoms. The first-order chi connectivity index (χ1) is 12.1. The number of nitrogens with one attached hydrogen (secondary N) is 2. The summed E-state index contributed by atoms with van der Waals surface area (Å²) in [6, 6.07) is 17.0. The fourth-order valence-corrected chi connectivity index (χ4v) is 4.82. The topological polar surface area (TPSA) is 58.2 Å². The fraction of sp³-hybridized carbons (Fsp3) is 0.200. The van der Waals surface area contributed by atoms with Crippen LogP contribution >= 0.6 is 0 Å². The second kappa shape index (κ2) is 6.17. The Labute approximate surface area is 147 Å². The van der Waals surface area contributed by atoms with Crippen LogP contribution in [0.25, 0.3) is 10.8 Å². The molecule has 0 fully saturated rings. The van der Waals surface area contributed by atoms with E-state index in [2.05, 4.69) is 10.0 Å². The van der Waals surface area contributed by atoms with Gasteiger partial charge < -0.3 is 5.32 Å². The smallest absolute Gasteiger partial charge is 0.262 e. The maximum Gasteiger partial charge on any atom is 0.262 e. The number of anilines is 1. The normalized spacial score (nSPS) is 14.3. The van der Waals surface area contributed by atoms with E-state index >= 15 is 0 Å². The van der Waals surface area contributed by atoms with E-state index in [1.54, 1.807) is 12.1 Å². The SMILES string of the molecule is Cc1cccc2c(S(=O)(=O)Nc3cccc4c3CCNC4)cccc12. The number of hydrogen-bond donors (Lipinski definition) is 2. The van der Waals surface area contributed by atoms with Crippen molar-refractivity contribution < 1.29 is 8.42 Å². The summed E-state index contributed by atoms with van der Waals surface area (Å²) in [5.74, 6) is 0. The molecule has 4 rings (SSSR count). The van der Waals surface area contributed by atoms with Crippen LogP contribution in [0.4, 0.5) is 5.69 Å². The largest absolute Gasteiger partial charge is 0.312 e. The lowest BCUT2D eigenvalue weighted by molar-refractivity contribution is 0.601.